The molecule has 3 aromatic carbocycles. The van der Waals surface area contributed by atoms with Crippen LogP contribution in [0.15, 0.2) is 78.9 Å². The van der Waals surface area contributed by atoms with E-state index in [0.717, 1.165) is 5.56 Å². The highest BCUT2D eigenvalue weighted by atomic mass is 16.5. The quantitative estimate of drug-likeness (QED) is 0.502. The summed E-state index contributed by atoms with van der Waals surface area (Å²) in [6, 6.07) is 23.4. The van der Waals surface area contributed by atoms with Gasteiger partial charge in [-0.05, 0) is 35.2 Å². The van der Waals surface area contributed by atoms with Crippen LogP contribution in [0, 0.1) is 0 Å². The highest BCUT2D eigenvalue weighted by Crippen LogP contribution is 2.41. The number of ketones is 2. The van der Waals surface area contributed by atoms with Crippen molar-refractivity contribution in [3.63, 3.8) is 0 Å². The summed E-state index contributed by atoms with van der Waals surface area (Å²) in [6.45, 7) is 0.349. The summed E-state index contributed by atoms with van der Waals surface area (Å²) in [5, 5.41) is 0. The van der Waals surface area contributed by atoms with Crippen molar-refractivity contribution < 1.29 is 19.1 Å². The molecule has 4 rings (SSSR count). The topological polar surface area (TPSA) is 52.6 Å². The van der Waals surface area contributed by atoms with Crippen LogP contribution in [0.2, 0.25) is 0 Å². The van der Waals surface area contributed by atoms with Gasteiger partial charge in [0.15, 0.2) is 5.60 Å². The highest BCUT2D eigenvalue weighted by Gasteiger charge is 2.49. The van der Waals surface area contributed by atoms with Crippen LogP contribution in [-0.2, 0) is 21.6 Å². The van der Waals surface area contributed by atoms with Gasteiger partial charge < -0.3 is 9.47 Å². The average molecular weight is 372 g/mol. The van der Waals surface area contributed by atoms with Gasteiger partial charge in [-0.15, -0.1) is 0 Å². The Hall–Kier alpha value is -3.24. The first kappa shape index (κ1) is 18.1. The predicted octanol–water partition coefficient (Wildman–Crippen LogP) is 3.96. The van der Waals surface area contributed by atoms with Gasteiger partial charge in [0.25, 0.3) is 0 Å². The van der Waals surface area contributed by atoms with E-state index in [1.807, 2.05) is 30.3 Å². The molecule has 0 saturated heterocycles. The first-order valence-electron chi connectivity index (χ1n) is 9.18. The number of Topliss-reactive ketones (excluding diaryl/α,β-unsaturated/α-hetero) is 2. The van der Waals surface area contributed by atoms with Crippen LogP contribution >= 0.6 is 0 Å². The third-order valence-electron chi connectivity index (χ3n) is 5.12. The highest BCUT2D eigenvalue weighted by molar-refractivity contribution is 6.46. The molecule has 3 aromatic rings. The number of carbonyl (C=O) groups excluding carboxylic acids is 2. The Kier molecular flexibility index (Phi) is 4.80. The summed E-state index contributed by atoms with van der Waals surface area (Å²) in [6.07, 6.45) is 0.689. The van der Waals surface area contributed by atoms with Crippen molar-refractivity contribution in [1.82, 2.24) is 0 Å². The lowest BCUT2D eigenvalue weighted by Gasteiger charge is -2.38. The third-order valence-corrected chi connectivity index (χ3v) is 5.12. The van der Waals surface area contributed by atoms with Gasteiger partial charge in [-0.3, -0.25) is 9.59 Å². The molecule has 1 atom stereocenters. The normalized spacial score (nSPS) is 18.2. The molecule has 0 radical (unpaired) electrons. The number of hydrogen-bond acceptors (Lipinski definition) is 4. The van der Waals surface area contributed by atoms with Gasteiger partial charge >= 0.3 is 0 Å². The van der Waals surface area contributed by atoms with E-state index in [9.17, 15) is 9.59 Å². The Bertz CT molecular complexity index is 1030. The van der Waals surface area contributed by atoms with Crippen LogP contribution in [0.5, 0.6) is 5.75 Å². The van der Waals surface area contributed by atoms with Crippen molar-refractivity contribution in [2.24, 2.45) is 0 Å². The second kappa shape index (κ2) is 7.41. The van der Waals surface area contributed by atoms with Crippen LogP contribution in [0.4, 0.5) is 0 Å². The van der Waals surface area contributed by atoms with E-state index in [-0.39, 0.29) is 0 Å². The number of ether oxygens (including phenoxy) is 2. The lowest BCUT2D eigenvalue weighted by molar-refractivity contribution is -0.137. The minimum atomic E-state index is -1.49. The summed E-state index contributed by atoms with van der Waals surface area (Å²) in [5.41, 5.74) is 1.17. The van der Waals surface area contributed by atoms with Gasteiger partial charge in [0.05, 0.1) is 13.7 Å². The lowest BCUT2D eigenvalue weighted by atomic mass is 9.76. The fraction of sp³-hybridized carbons (Fsp3) is 0.167. The Morgan fingerprint density at radius 1 is 0.929 bits per heavy atom. The first-order chi connectivity index (χ1) is 13.7. The van der Waals surface area contributed by atoms with Gasteiger partial charge in [-0.1, -0.05) is 66.7 Å². The van der Waals surface area contributed by atoms with E-state index in [4.69, 9.17) is 9.47 Å². The Morgan fingerprint density at radius 3 is 2.46 bits per heavy atom. The number of carbonyl (C=O) groups is 2. The minimum Gasteiger partial charge on any atom is -0.497 e. The molecule has 0 amide bonds. The Labute approximate surface area is 163 Å². The van der Waals surface area contributed by atoms with Gasteiger partial charge in [0, 0.05) is 5.56 Å². The molecule has 0 aliphatic carbocycles. The second-order valence-corrected chi connectivity index (χ2v) is 6.69. The summed E-state index contributed by atoms with van der Waals surface area (Å²) in [5.74, 6) is -0.567. The monoisotopic (exact) mass is 372 g/mol. The average Bonchev–Trinajstić information content (AvgIpc) is 2.78. The number of methoxy groups -OCH3 is 1. The van der Waals surface area contributed by atoms with E-state index in [1.165, 1.54) is 0 Å². The molecule has 28 heavy (non-hydrogen) atoms. The summed E-state index contributed by atoms with van der Waals surface area (Å²) < 4.78 is 11.5. The van der Waals surface area contributed by atoms with Gasteiger partial charge in [0.1, 0.15) is 5.75 Å². The standard InChI is InChI=1S/C24H20O4/c1-27-20-12-7-11-19(16-20)24(21-13-6-5-8-17(21)14-15-28-24)23(26)22(25)18-9-3-2-4-10-18/h2-13,16H,14-15H2,1H3/t24-/m1/s1. The summed E-state index contributed by atoms with van der Waals surface area (Å²) in [7, 11) is 1.57. The molecule has 1 aliphatic heterocycles. The second-order valence-electron chi connectivity index (χ2n) is 6.69. The molecule has 1 aliphatic rings. The first-order valence-corrected chi connectivity index (χ1v) is 9.18. The maximum absolute atomic E-state index is 13.7. The Balaban J connectivity index is 1.93. The molecule has 4 nitrogen and oxygen atoms in total. The van der Waals surface area contributed by atoms with Crippen molar-refractivity contribution in [3.05, 3.63) is 101 Å². The molecule has 0 saturated carbocycles. The third kappa shape index (κ3) is 2.92. The summed E-state index contributed by atoms with van der Waals surface area (Å²) >= 11 is 0. The predicted molar refractivity (Wildman–Crippen MR) is 106 cm³/mol. The van der Waals surface area contributed by atoms with Crippen LogP contribution in [0.25, 0.3) is 0 Å². The van der Waals surface area contributed by atoms with Gasteiger partial charge in [-0.25, -0.2) is 0 Å². The molecule has 4 heteroatoms. The molecule has 140 valence electrons. The zero-order valence-corrected chi connectivity index (χ0v) is 15.6. The molecular formula is C24H20O4. The van der Waals surface area contributed by atoms with E-state index in [2.05, 4.69) is 0 Å². The number of fused-ring (bicyclic) bond motifs is 1. The van der Waals surface area contributed by atoms with Crippen LogP contribution in [-0.4, -0.2) is 25.3 Å². The number of benzene rings is 3. The molecule has 0 unspecified atom stereocenters. The molecule has 0 spiro atoms. The van der Waals surface area contributed by atoms with E-state index in [0.29, 0.717) is 35.5 Å². The largest absolute Gasteiger partial charge is 0.497 e. The van der Waals surface area contributed by atoms with Crippen LogP contribution in [0.1, 0.15) is 27.0 Å². The molecular weight excluding hydrogens is 352 g/mol. The zero-order chi connectivity index (χ0) is 19.6. The molecule has 0 fully saturated rings. The SMILES string of the molecule is COc1cccc([C@@]2(C(=O)C(=O)c3ccccc3)OCCc3ccccc32)c1. The smallest absolute Gasteiger partial charge is 0.244 e. The van der Waals surface area contributed by atoms with Crippen molar-refractivity contribution in [2.45, 2.75) is 12.0 Å². The molecule has 0 bridgehead atoms. The fourth-order valence-electron chi connectivity index (χ4n) is 3.75. The van der Waals surface area contributed by atoms with E-state index < -0.39 is 17.2 Å². The lowest BCUT2D eigenvalue weighted by Crippen LogP contribution is -2.47. The van der Waals surface area contributed by atoms with E-state index >= 15 is 0 Å². The minimum absolute atomic E-state index is 0.349. The zero-order valence-electron chi connectivity index (χ0n) is 15.6. The van der Waals surface area contributed by atoms with Crippen LogP contribution in [0.3, 0.4) is 0 Å². The van der Waals surface area contributed by atoms with Crippen molar-refractivity contribution >= 4 is 11.6 Å². The van der Waals surface area contributed by atoms with Crippen molar-refractivity contribution in [2.75, 3.05) is 13.7 Å². The molecule has 0 N–H and O–H groups in total. The van der Waals surface area contributed by atoms with E-state index in [1.54, 1.807) is 55.6 Å². The number of rotatable bonds is 5. The summed E-state index contributed by atoms with van der Waals surface area (Å²) in [4.78, 5) is 26.8. The Morgan fingerprint density at radius 2 is 1.68 bits per heavy atom. The maximum atomic E-state index is 13.7. The molecule has 1 heterocycles. The van der Waals surface area contributed by atoms with Crippen LogP contribution < -0.4 is 4.74 Å². The van der Waals surface area contributed by atoms with Crippen molar-refractivity contribution in [3.8, 4) is 5.75 Å². The number of hydrogen-bond donors (Lipinski definition) is 0. The fourth-order valence-corrected chi connectivity index (χ4v) is 3.75. The van der Waals surface area contributed by atoms with Gasteiger partial charge in [-0.2, -0.15) is 0 Å². The maximum Gasteiger partial charge on any atom is 0.244 e. The molecule has 0 aromatic heterocycles. The van der Waals surface area contributed by atoms with Crippen molar-refractivity contribution in [1.29, 1.82) is 0 Å². The van der Waals surface area contributed by atoms with Gasteiger partial charge in [0.2, 0.25) is 11.6 Å².